The fourth-order valence-corrected chi connectivity index (χ4v) is 5.65. The molecular weight excluding hydrogens is 420 g/mol. The second kappa shape index (κ2) is 9.65. The maximum Gasteiger partial charge on any atom is 0.257 e. The van der Waals surface area contributed by atoms with E-state index in [0.29, 0.717) is 10.7 Å². The summed E-state index contributed by atoms with van der Waals surface area (Å²) in [6.45, 7) is 12.5. The van der Waals surface area contributed by atoms with Gasteiger partial charge in [-0.1, -0.05) is 19.1 Å². The Morgan fingerprint density at radius 1 is 1.27 bits per heavy atom. The van der Waals surface area contributed by atoms with Gasteiger partial charge >= 0.3 is 0 Å². The number of carbonyl (C=O) groups excluding carboxylic acids is 1. The number of rotatable bonds is 9. The first-order valence-corrected chi connectivity index (χ1v) is 12.0. The van der Waals surface area contributed by atoms with Gasteiger partial charge in [-0.25, -0.2) is 13.4 Å². The summed E-state index contributed by atoms with van der Waals surface area (Å²) in [5, 5.41) is 3.41. The fraction of sp³-hybridized carbons (Fsp3) is 0.333. The maximum absolute atomic E-state index is 12.8. The molecule has 0 fully saturated rings. The summed E-state index contributed by atoms with van der Waals surface area (Å²) in [5.41, 5.74) is 1.42. The van der Waals surface area contributed by atoms with Crippen molar-refractivity contribution in [3.05, 3.63) is 65.7 Å². The molecular formula is C21H26N4O3S2. The summed E-state index contributed by atoms with van der Waals surface area (Å²) in [4.78, 5) is 20.8. The molecule has 2 aromatic rings. The van der Waals surface area contributed by atoms with Crippen LogP contribution in [0.5, 0.6) is 0 Å². The molecule has 7 nitrogen and oxygen atoms in total. The van der Waals surface area contributed by atoms with E-state index in [2.05, 4.69) is 35.3 Å². The summed E-state index contributed by atoms with van der Waals surface area (Å²) in [7, 11) is -3.69. The molecule has 30 heavy (non-hydrogen) atoms. The minimum Gasteiger partial charge on any atom is -0.298 e. The zero-order chi connectivity index (χ0) is 21.7. The fourth-order valence-electron chi connectivity index (χ4n) is 3.23. The van der Waals surface area contributed by atoms with Crippen molar-refractivity contribution < 1.29 is 13.2 Å². The number of carbonyl (C=O) groups is 1. The third-order valence-corrected chi connectivity index (χ3v) is 7.74. The summed E-state index contributed by atoms with van der Waals surface area (Å²) in [6, 6.07) is 5.90. The predicted octanol–water partition coefficient (Wildman–Crippen LogP) is 3.14. The molecule has 0 radical (unpaired) electrons. The molecule has 160 valence electrons. The highest BCUT2D eigenvalue weighted by molar-refractivity contribution is 7.89. The molecule has 0 spiro atoms. The summed E-state index contributed by atoms with van der Waals surface area (Å²) < 4.78 is 26.8. The van der Waals surface area contributed by atoms with E-state index in [1.54, 1.807) is 0 Å². The second-order valence-electron chi connectivity index (χ2n) is 6.89. The van der Waals surface area contributed by atoms with E-state index in [1.807, 2.05) is 0 Å². The van der Waals surface area contributed by atoms with Crippen LogP contribution < -0.4 is 5.32 Å². The molecule has 0 unspecified atom stereocenters. The van der Waals surface area contributed by atoms with Gasteiger partial charge in [-0.15, -0.1) is 24.5 Å². The van der Waals surface area contributed by atoms with Crippen molar-refractivity contribution >= 4 is 32.4 Å². The van der Waals surface area contributed by atoms with E-state index in [0.717, 1.165) is 31.7 Å². The molecule has 0 atom stereocenters. The molecule has 1 aromatic carbocycles. The van der Waals surface area contributed by atoms with E-state index in [4.69, 9.17) is 0 Å². The quantitative estimate of drug-likeness (QED) is 0.599. The van der Waals surface area contributed by atoms with Gasteiger partial charge in [0.2, 0.25) is 10.0 Å². The van der Waals surface area contributed by atoms with Crippen LogP contribution in [-0.2, 0) is 23.0 Å². The average Bonchev–Trinajstić information content (AvgIpc) is 3.14. The SMILES string of the molecule is C=CCN(CC=C)S(=O)(=O)c1ccc(C(=O)Nc2nc3c(s2)CN(CC)CC3)cc1. The lowest BCUT2D eigenvalue weighted by atomic mass is 10.2. The van der Waals surface area contributed by atoms with Crippen LogP contribution in [0.4, 0.5) is 5.13 Å². The van der Waals surface area contributed by atoms with Gasteiger partial charge in [-0.3, -0.25) is 15.0 Å². The van der Waals surface area contributed by atoms with Crippen molar-refractivity contribution in [2.24, 2.45) is 0 Å². The lowest BCUT2D eigenvalue weighted by Crippen LogP contribution is -2.31. The number of sulfonamides is 1. The van der Waals surface area contributed by atoms with E-state index in [9.17, 15) is 13.2 Å². The van der Waals surface area contributed by atoms with E-state index >= 15 is 0 Å². The Balaban J connectivity index is 1.72. The Kier molecular flexibility index (Phi) is 7.19. The summed E-state index contributed by atoms with van der Waals surface area (Å²) in [6.07, 6.45) is 3.93. The van der Waals surface area contributed by atoms with Crippen LogP contribution in [-0.4, -0.2) is 54.7 Å². The van der Waals surface area contributed by atoms with Gasteiger partial charge in [0.05, 0.1) is 10.6 Å². The summed E-state index contributed by atoms with van der Waals surface area (Å²) >= 11 is 1.49. The number of hydrogen-bond donors (Lipinski definition) is 1. The van der Waals surface area contributed by atoms with E-state index in [-0.39, 0.29) is 23.9 Å². The highest BCUT2D eigenvalue weighted by Crippen LogP contribution is 2.28. The number of anilines is 1. The minimum atomic E-state index is -3.69. The van der Waals surface area contributed by atoms with Crippen molar-refractivity contribution in [3.8, 4) is 0 Å². The van der Waals surface area contributed by atoms with Gasteiger partial charge in [0, 0.05) is 43.0 Å². The Bertz CT molecular complexity index is 1020. The number of likely N-dealkylation sites (N-methyl/N-ethyl adjacent to an activating group) is 1. The van der Waals surface area contributed by atoms with Crippen LogP contribution in [0.3, 0.4) is 0 Å². The van der Waals surface area contributed by atoms with Crippen LogP contribution in [0.25, 0.3) is 0 Å². The zero-order valence-corrected chi connectivity index (χ0v) is 18.6. The van der Waals surface area contributed by atoms with Crippen LogP contribution in [0.1, 0.15) is 27.9 Å². The number of fused-ring (bicyclic) bond motifs is 1. The van der Waals surface area contributed by atoms with Gasteiger partial charge in [0.1, 0.15) is 0 Å². The standard InChI is InChI=1S/C21H26N4O3S2/c1-4-12-25(13-5-2)30(27,28)17-9-7-16(8-10-17)20(26)23-21-22-18-11-14-24(6-3)15-19(18)29-21/h4-5,7-10H,1-2,6,11-15H2,3H3,(H,22,23,26). The highest BCUT2D eigenvalue weighted by atomic mass is 32.2. The topological polar surface area (TPSA) is 82.6 Å². The normalized spacial score (nSPS) is 14.3. The van der Waals surface area contributed by atoms with E-state index < -0.39 is 10.0 Å². The monoisotopic (exact) mass is 446 g/mol. The zero-order valence-electron chi connectivity index (χ0n) is 17.0. The first-order chi connectivity index (χ1) is 14.4. The minimum absolute atomic E-state index is 0.118. The van der Waals surface area contributed by atoms with E-state index in [1.165, 1.54) is 56.9 Å². The second-order valence-corrected chi connectivity index (χ2v) is 9.91. The van der Waals surface area contributed by atoms with Gasteiger partial charge in [0.15, 0.2) is 5.13 Å². The van der Waals surface area contributed by atoms with Gasteiger partial charge in [-0.2, -0.15) is 4.31 Å². The number of nitrogens with one attached hydrogen (secondary N) is 1. The number of hydrogen-bond acceptors (Lipinski definition) is 6. The van der Waals surface area contributed by atoms with Crippen molar-refractivity contribution in [1.29, 1.82) is 0 Å². The molecule has 0 bridgehead atoms. The Hall–Kier alpha value is -2.33. The number of thiazole rings is 1. The van der Waals surface area contributed by atoms with Crippen molar-refractivity contribution in [2.75, 3.05) is 31.5 Å². The molecule has 1 amide bonds. The Morgan fingerprint density at radius 3 is 2.53 bits per heavy atom. The van der Waals surface area contributed by atoms with Crippen LogP contribution in [0.2, 0.25) is 0 Å². The first-order valence-electron chi connectivity index (χ1n) is 9.73. The number of nitrogens with zero attached hydrogens (tertiary/aromatic N) is 3. The van der Waals surface area contributed by atoms with Crippen molar-refractivity contribution in [2.45, 2.75) is 24.8 Å². The average molecular weight is 447 g/mol. The molecule has 1 N–H and O–H groups in total. The van der Waals surface area contributed by atoms with Gasteiger partial charge < -0.3 is 0 Å². The Morgan fingerprint density at radius 2 is 1.93 bits per heavy atom. The Labute approximate surface area is 181 Å². The molecule has 0 saturated carbocycles. The molecule has 3 rings (SSSR count). The van der Waals surface area contributed by atoms with Crippen LogP contribution in [0, 0.1) is 0 Å². The van der Waals surface area contributed by atoms with Crippen molar-refractivity contribution in [3.63, 3.8) is 0 Å². The molecule has 1 aliphatic rings. The molecule has 0 aliphatic carbocycles. The van der Waals surface area contributed by atoms with Crippen molar-refractivity contribution in [1.82, 2.24) is 14.2 Å². The number of benzene rings is 1. The van der Waals surface area contributed by atoms with Crippen LogP contribution in [0.15, 0.2) is 54.5 Å². The predicted molar refractivity (Wildman–Crippen MR) is 120 cm³/mol. The third kappa shape index (κ3) is 4.86. The molecule has 9 heteroatoms. The largest absolute Gasteiger partial charge is 0.298 e. The van der Waals surface area contributed by atoms with Gasteiger partial charge in [-0.05, 0) is 30.8 Å². The lowest BCUT2D eigenvalue weighted by Gasteiger charge is -2.23. The third-order valence-electron chi connectivity index (χ3n) is 4.90. The number of aromatic nitrogens is 1. The highest BCUT2D eigenvalue weighted by Gasteiger charge is 2.23. The molecule has 2 heterocycles. The number of amides is 1. The summed E-state index contributed by atoms with van der Waals surface area (Å²) in [5.74, 6) is -0.313. The lowest BCUT2D eigenvalue weighted by molar-refractivity contribution is 0.102. The van der Waals surface area contributed by atoms with Gasteiger partial charge in [0.25, 0.3) is 5.91 Å². The molecule has 0 saturated heterocycles. The first kappa shape index (κ1) is 22.4. The maximum atomic E-state index is 12.8. The smallest absolute Gasteiger partial charge is 0.257 e. The molecule has 1 aromatic heterocycles. The molecule has 1 aliphatic heterocycles. The van der Waals surface area contributed by atoms with Crippen LogP contribution >= 0.6 is 11.3 Å².